The lowest BCUT2D eigenvalue weighted by Gasteiger charge is -2.34. The van der Waals surface area contributed by atoms with E-state index in [1.807, 2.05) is 6.92 Å². The van der Waals surface area contributed by atoms with Crippen LogP contribution in [0, 0.1) is 6.92 Å². The topological polar surface area (TPSA) is 65.1 Å². The predicted octanol–water partition coefficient (Wildman–Crippen LogP) is 3.67. The van der Waals surface area contributed by atoms with Gasteiger partial charge in [0, 0.05) is 18.0 Å². The number of fused-ring (bicyclic) bond motifs is 1. The summed E-state index contributed by atoms with van der Waals surface area (Å²) < 4.78 is 17.0. The van der Waals surface area contributed by atoms with Crippen LogP contribution in [-0.2, 0) is 4.79 Å². The Labute approximate surface area is 174 Å². The fourth-order valence-electron chi connectivity index (χ4n) is 3.83. The van der Waals surface area contributed by atoms with Gasteiger partial charge in [-0.3, -0.25) is 9.59 Å². The zero-order valence-corrected chi connectivity index (χ0v) is 17.1. The molecule has 6 nitrogen and oxygen atoms in total. The Bertz CT molecular complexity index is 976. The van der Waals surface area contributed by atoms with Gasteiger partial charge in [0.2, 0.25) is 0 Å². The van der Waals surface area contributed by atoms with Crippen molar-refractivity contribution in [2.45, 2.75) is 25.4 Å². The number of ketones is 1. The van der Waals surface area contributed by atoms with Crippen molar-refractivity contribution in [3.05, 3.63) is 52.5 Å². The summed E-state index contributed by atoms with van der Waals surface area (Å²) in [6.07, 6.45) is 0.851. The van der Waals surface area contributed by atoms with Crippen molar-refractivity contribution in [3.63, 3.8) is 0 Å². The van der Waals surface area contributed by atoms with E-state index >= 15 is 0 Å². The van der Waals surface area contributed by atoms with Crippen LogP contribution in [0.1, 0.15) is 28.8 Å². The van der Waals surface area contributed by atoms with Gasteiger partial charge >= 0.3 is 0 Å². The summed E-state index contributed by atoms with van der Waals surface area (Å²) in [6, 6.07) is 10.5. The van der Waals surface area contributed by atoms with Crippen molar-refractivity contribution in [2.75, 3.05) is 26.8 Å². The molecule has 0 aromatic heterocycles. The van der Waals surface area contributed by atoms with Gasteiger partial charge in [-0.1, -0.05) is 11.6 Å². The fourth-order valence-corrected chi connectivity index (χ4v) is 3.95. The number of nitrogens with zero attached hydrogens (tertiary/aromatic N) is 1. The predicted molar refractivity (Wildman–Crippen MR) is 108 cm³/mol. The van der Waals surface area contributed by atoms with E-state index < -0.39 is 5.60 Å². The lowest BCUT2D eigenvalue weighted by Crippen LogP contribution is -2.45. The second kappa shape index (κ2) is 7.59. The van der Waals surface area contributed by atoms with Crippen molar-refractivity contribution >= 4 is 23.3 Å². The molecule has 152 valence electrons. The van der Waals surface area contributed by atoms with Gasteiger partial charge in [-0.05, 0) is 48.9 Å². The van der Waals surface area contributed by atoms with Gasteiger partial charge in [0.25, 0.3) is 5.91 Å². The number of rotatable bonds is 4. The summed E-state index contributed by atoms with van der Waals surface area (Å²) in [5.74, 6) is 1.64. The number of ether oxygens (including phenoxy) is 3. The number of Topliss-reactive ketones (excluding diaryl/α,β-unsaturated/α-hetero) is 1. The Balaban J connectivity index is 1.41. The average Bonchev–Trinajstić information content (AvgIpc) is 3.11. The molecular formula is C22H22ClNO5. The molecule has 1 unspecified atom stereocenters. The molecule has 2 aliphatic heterocycles. The van der Waals surface area contributed by atoms with E-state index in [9.17, 15) is 9.59 Å². The molecule has 0 N–H and O–H groups in total. The summed E-state index contributed by atoms with van der Waals surface area (Å²) in [4.78, 5) is 27.0. The first kappa shape index (κ1) is 19.6. The molecular weight excluding hydrogens is 394 g/mol. The first-order valence-corrected chi connectivity index (χ1v) is 9.84. The highest BCUT2D eigenvalue weighted by molar-refractivity contribution is 6.31. The minimum atomic E-state index is -0.675. The van der Waals surface area contributed by atoms with Crippen LogP contribution in [0.2, 0.25) is 5.02 Å². The van der Waals surface area contributed by atoms with Crippen molar-refractivity contribution in [3.8, 4) is 17.2 Å². The summed E-state index contributed by atoms with van der Waals surface area (Å²) in [5, 5.41) is 0.655. The van der Waals surface area contributed by atoms with Crippen LogP contribution in [0.25, 0.3) is 0 Å². The molecule has 29 heavy (non-hydrogen) atoms. The Morgan fingerprint density at radius 3 is 2.79 bits per heavy atom. The molecule has 0 saturated carbocycles. The molecule has 0 bridgehead atoms. The highest BCUT2D eigenvalue weighted by atomic mass is 35.5. The standard InChI is InChI=1S/C22H22ClNO5/c1-14-9-16(3-5-18(14)23)28-12-21(26)24-8-7-22(13-24)11-19(25)17-10-15(27-2)4-6-20(17)29-22/h3-6,9-10H,7-8,11-13H2,1-2H3. The third-order valence-electron chi connectivity index (χ3n) is 5.46. The molecule has 2 aliphatic rings. The number of halogens is 1. The third kappa shape index (κ3) is 3.90. The lowest BCUT2D eigenvalue weighted by atomic mass is 9.89. The van der Waals surface area contributed by atoms with Gasteiger partial charge in [0.15, 0.2) is 12.4 Å². The second-order valence-electron chi connectivity index (χ2n) is 7.51. The van der Waals surface area contributed by atoms with Gasteiger partial charge in [-0.2, -0.15) is 0 Å². The van der Waals surface area contributed by atoms with Crippen LogP contribution in [-0.4, -0.2) is 49.0 Å². The molecule has 0 aliphatic carbocycles. The molecule has 2 heterocycles. The SMILES string of the molecule is COc1ccc2c(c1)C(=O)CC1(CCN(C(=O)COc3ccc(Cl)c(C)c3)C1)O2. The summed E-state index contributed by atoms with van der Waals surface area (Å²) >= 11 is 6.02. The average molecular weight is 416 g/mol. The molecule has 1 atom stereocenters. The van der Waals surface area contributed by atoms with Crippen LogP contribution >= 0.6 is 11.6 Å². The van der Waals surface area contributed by atoms with Crippen LogP contribution in [0.3, 0.4) is 0 Å². The number of carbonyl (C=O) groups is 2. The summed E-state index contributed by atoms with van der Waals surface area (Å²) in [6.45, 7) is 2.71. The first-order chi connectivity index (χ1) is 13.9. The number of carbonyl (C=O) groups excluding carboxylic acids is 2. The van der Waals surface area contributed by atoms with Crippen LogP contribution < -0.4 is 14.2 Å². The van der Waals surface area contributed by atoms with Crippen LogP contribution in [0.15, 0.2) is 36.4 Å². The molecule has 2 aromatic rings. The highest BCUT2D eigenvalue weighted by Crippen LogP contribution is 2.40. The van der Waals surface area contributed by atoms with E-state index in [4.69, 9.17) is 25.8 Å². The number of methoxy groups -OCH3 is 1. The first-order valence-electron chi connectivity index (χ1n) is 9.46. The molecule has 7 heteroatoms. The van der Waals surface area contributed by atoms with E-state index in [0.717, 1.165) is 5.56 Å². The number of hydrogen-bond donors (Lipinski definition) is 0. The molecule has 1 spiro atoms. The molecule has 2 aromatic carbocycles. The van der Waals surface area contributed by atoms with E-state index in [2.05, 4.69) is 0 Å². The van der Waals surface area contributed by atoms with Crippen molar-refractivity contribution in [1.29, 1.82) is 0 Å². The zero-order valence-electron chi connectivity index (χ0n) is 16.4. The van der Waals surface area contributed by atoms with Gasteiger partial charge in [-0.25, -0.2) is 0 Å². The number of amides is 1. The lowest BCUT2D eigenvalue weighted by molar-refractivity contribution is -0.133. The Morgan fingerprint density at radius 1 is 1.24 bits per heavy atom. The summed E-state index contributed by atoms with van der Waals surface area (Å²) in [7, 11) is 1.56. The monoisotopic (exact) mass is 415 g/mol. The van der Waals surface area contributed by atoms with Crippen molar-refractivity contribution in [2.24, 2.45) is 0 Å². The number of benzene rings is 2. The largest absolute Gasteiger partial charge is 0.497 e. The van der Waals surface area contributed by atoms with Crippen LogP contribution in [0.4, 0.5) is 0 Å². The third-order valence-corrected chi connectivity index (χ3v) is 5.88. The van der Waals surface area contributed by atoms with Crippen LogP contribution in [0.5, 0.6) is 17.2 Å². The molecule has 1 saturated heterocycles. The Morgan fingerprint density at radius 2 is 2.03 bits per heavy atom. The van der Waals surface area contributed by atoms with E-state index in [1.54, 1.807) is 48.4 Å². The zero-order chi connectivity index (χ0) is 20.6. The van der Waals surface area contributed by atoms with E-state index in [0.29, 0.717) is 47.3 Å². The van der Waals surface area contributed by atoms with E-state index in [1.165, 1.54) is 0 Å². The van der Waals surface area contributed by atoms with Crippen molar-refractivity contribution in [1.82, 2.24) is 4.90 Å². The molecule has 0 radical (unpaired) electrons. The maximum atomic E-state index is 12.7. The highest BCUT2D eigenvalue weighted by Gasteiger charge is 2.47. The number of likely N-dealkylation sites (tertiary alicyclic amines) is 1. The minimum Gasteiger partial charge on any atom is -0.497 e. The van der Waals surface area contributed by atoms with Gasteiger partial charge in [0.1, 0.15) is 22.8 Å². The molecule has 1 fully saturated rings. The quantitative estimate of drug-likeness (QED) is 0.762. The number of aryl methyl sites for hydroxylation is 1. The minimum absolute atomic E-state index is 0.00679. The second-order valence-corrected chi connectivity index (χ2v) is 7.92. The Kier molecular flexibility index (Phi) is 5.13. The number of hydrogen-bond acceptors (Lipinski definition) is 5. The smallest absolute Gasteiger partial charge is 0.260 e. The fraction of sp³-hybridized carbons (Fsp3) is 0.364. The molecule has 1 amide bonds. The summed E-state index contributed by atoms with van der Waals surface area (Å²) in [5.41, 5.74) is 0.743. The van der Waals surface area contributed by atoms with Gasteiger partial charge < -0.3 is 19.1 Å². The maximum absolute atomic E-state index is 12.7. The van der Waals surface area contributed by atoms with Crippen molar-refractivity contribution < 1.29 is 23.8 Å². The maximum Gasteiger partial charge on any atom is 0.260 e. The molecule has 4 rings (SSSR count). The van der Waals surface area contributed by atoms with Gasteiger partial charge in [0.05, 0.1) is 25.6 Å². The van der Waals surface area contributed by atoms with Gasteiger partial charge in [-0.15, -0.1) is 0 Å². The van der Waals surface area contributed by atoms with E-state index in [-0.39, 0.29) is 24.7 Å². The normalized spacial score (nSPS) is 20.4. The Hall–Kier alpha value is -2.73.